The van der Waals surface area contributed by atoms with Gasteiger partial charge >= 0.3 is 29.6 Å². The van der Waals surface area contributed by atoms with Gasteiger partial charge < -0.3 is 19.8 Å². The third kappa shape index (κ3) is 5.05. The molecule has 2 heterocycles. The van der Waals surface area contributed by atoms with Crippen LogP contribution in [0.3, 0.4) is 0 Å². The monoisotopic (exact) mass is 467 g/mol. The zero-order chi connectivity index (χ0) is 22.9. The van der Waals surface area contributed by atoms with Gasteiger partial charge in [-0.2, -0.15) is 0 Å². The summed E-state index contributed by atoms with van der Waals surface area (Å²) in [6.45, 7) is 2.45. The Morgan fingerprint density at radius 2 is 1.88 bits per heavy atom. The fourth-order valence-corrected chi connectivity index (χ4v) is 5.37. The summed E-state index contributed by atoms with van der Waals surface area (Å²) in [7, 11) is 0. The second-order valence-corrected chi connectivity index (χ2v) is 9.04. The summed E-state index contributed by atoms with van der Waals surface area (Å²) < 4.78 is 15.8. The maximum Gasteiger partial charge on any atom is 1.00 e. The molecule has 1 aliphatic carbocycles. The number of pyridine rings is 1. The van der Waals surface area contributed by atoms with Crippen LogP contribution in [0.5, 0.6) is 0 Å². The van der Waals surface area contributed by atoms with Crippen LogP contribution in [0.25, 0.3) is 21.8 Å². The molecule has 1 fully saturated rings. The molecular weight excluding hydrogens is 440 g/mol. The van der Waals surface area contributed by atoms with Crippen LogP contribution in [0.15, 0.2) is 54.6 Å². The predicted molar refractivity (Wildman–Crippen MR) is 125 cm³/mol. The van der Waals surface area contributed by atoms with Crippen molar-refractivity contribution in [3.8, 4) is 0 Å². The van der Waals surface area contributed by atoms with Crippen molar-refractivity contribution in [2.24, 2.45) is 0 Å². The van der Waals surface area contributed by atoms with Crippen LogP contribution in [0.4, 0.5) is 4.39 Å². The number of rotatable bonds is 6. The largest absolute Gasteiger partial charge is 1.00 e. The molecule has 0 aliphatic heterocycles. The Hall–Kier alpha value is -2.25. The first-order chi connectivity index (χ1) is 16.0. The second-order valence-electron chi connectivity index (χ2n) is 9.04. The average molecular weight is 468 g/mol. The van der Waals surface area contributed by atoms with Crippen molar-refractivity contribution in [2.75, 3.05) is 0 Å². The van der Waals surface area contributed by atoms with Crippen LogP contribution >= 0.6 is 0 Å². The van der Waals surface area contributed by atoms with E-state index in [1.165, 1.54) is 6.07 Å². The molecule has 0 atom stereocenters. The average Bonchev–Trinajstić information content (AvgIpc) is 3.08. The molecule has 7 heteroatoms. The Bertz CT molecular complexity index is 1330. The Morgan fingerprint density at radius 1 is 1.12 bits per heavy atom. The second kappa shape index (κ2) is 10.6. The van der Waals surface area contributed by atoms with Gasteiger partial charge in [0.1, 0.15) is 5.82 Å². The number of carbonyl (C=O) groups excluding carboxylic acids is 1. The van der Waals surface area contributed by atoms with E-state index < -0.39 is 5.97 Å². The minimum absolute atomic E-state index is 0. The van der Waals surface area contributed by atoms with Crippen molar-refractivity contribution in [3.05, 3.63) is 77.4 Å². The Kier molecular flexibility index (Phi) is 7.73. The molecule has 5 rings (SSSR count). The van der Waals surface area contributed by atoms with Gasteiger partial charge in [0, 0.05) is 34.6 Å². The minimum Gasteiger partial charge on any atom is -0.548 e. The third-order valence-corrected chi connectivity index (χ3v) is 6.98. The molecule has 1 saturated carbocycles. The summed E-state index contributed by atoms with van der Waals surface area (Å²) in [5, 5.41) is 16.9. The summed E-state index contributed by atoms with van der Waals surface area (Å²) in [4.78, 5) is 16.1. The van der Waals surface area contributed by atoms with E-state index in [0.717, 1.165) is 71.0 Å². The Balaban J connectivity index is 0.00000274. The minimum atomic E-state index is -1.14. The van der Waals surface area contributed by atoms with Crippen LogP contribution in [0.2, 0.25) is 0 Å². The van der Waals surface area contributed by atoms with Crippen molar-refractivity contribution < 1.29 is 43.8 Å². The van der Waals surface area contributed by atoms with E-state index in [1.807, 2.05) is 25.1 Å². The van der Waals surface area contributed by atoms with Gasteiger partial charge in [0.15, 0.2) is 0 Å². The van der Waals surface area contributed by atoms with Gasteiger partial charge in [-0.1, -0.05) is 24.3 Å². The van der Waals surface area contributed by atoms with Crippen molar-refractivity contribution in [3.63, 3.8) is 0 Å². The molecule has 170 valence electrons. The molecular formula is C27H27FN3NaO2. The third-order valence-electron chi connectivity index (χ3n) is 6.98. The first-order valence-corrected chi connectivity index (χ1v) is 11.6. The number of nitrogens with one attached hydrogen (secondary N) is 1. The summed E-state index contributed by atoms with van der Waals surface area (Å²) in [6, 6.07) is 17.3. The number of hydrogen-bond donors (Lipinski definition) is 1. The molecule has 0 saturated heterocycles. The molecule has 2 aromatic heterocycles. The first kappa shape index (κ1) is 24.9. The topological polar surface area (TPSA) is 70.0 Å². The molecule has 0 unspecified atom stereocenters. The predicted octanol–water partition coefficient (Wildman–Crippen LogP) is 1.21. The van der Waals surface area contributed by atoms with E-state index in [9.17, 15) is 14.3 Å². The summed E-state index contributed by atoms with van der Waals surface area (Å²) in [5.41, 5.74) is 4.79. The van der Waals surface area contributed by atoms with E-state index in [-0.39, 0.29) is 47.8 Å². The van der Waals surface area contributed by atoms with Crippen molar-refractivity contribution in [1.82, 2.24) is 14.9 Å². The molecule has 5 nitrogen and oxygen atoms in total. The number of benzene rings is 2. The molecule has 0 amide bonds. The fourth-order valence-electron chi connectivity index (χ4n) is 5.37. The first-order valence-electron chi connectivity index (χ1n) is 11.6. The number of carboxylic acid groups (broad SMARTS) is 1. The van der Waals surface area contributed by atoms with Crippen LogP contribution in [-0.4, -0.2) is 21.6 Å². The van der Waals surface area contributed by atoms with E-state index in [1.54, 1.807) is 16.7 Å². The molecule has 2 aromatic carbocycles. The normalized spacial score (nSPS) is 18.2. The maximum absolute atomic E-state index is 14.1. The van der Waals surface area contributed by atoms with E-state index in [2.05, 4.69) is 23.5 Å². The van der Waals surface area contributed by atoms with E-state index in [4.69, 9.17) is 4.98 Å². The molecule has 1 aliphatic rings. The number of hydrogen-bond acceptors (Lipinski definition) is 4. The number of nitrogens with zero attached hydrogens (tertiary/aromatic N) is 2. The molecule has 34 heavy (non-hydrogen) atoms. The van der Waals surface area contributed by atoms with E-state index in [0.29, 0.717) is 6.04 Å². The Labute approximate surface area is 220 Å². The number of para-hydroxylation sites is 1. The Morgan fingerprint density at radius 3 is 2.65 bits per heavy atom. The fraction of sp³-hybridized carbons (Fsp3) is 0.333. The van der Waals surface area contributed by atoms with Crippen molar-refractivity contribution in [2.45, 2.75) is 57.7 Å². The number of fused-ring (bicyclic) bond motifs is 2. The zero-order valence-electron chi connectivity index (χ0n) is 19.7. The van der Waals surface area contributed by atoms with Gasteiger partial charge in [-0.25, -0.2) is 4.39 Å². The summed E-state index contributed by atoms with van der Waals surface area (Å²) in [5.74, 6) is -1.15. The molecule has 1 N–H and O–H groups in total. The summed E-state index contributed by atoms with van der Waals surface area (Å²) >= 11 is 0. The smallest absolute Gasteiger partial charge is 0.548 e. The molecule has 0 bridgehead atoms. The molecule has 0 spiro atoms. The van der Waals surface area contributed by atoms with Crippen LogP contribution in [-0.2, 0) is 17.9 Å². The van der Waals surface area contributed by atoms with Gasteiger partial charge in [-0.3, -0.25) is 4.98 Å². The quantitative estimate of drug-likeness (QED) is 0.433. The SMILES string of the molecule is Cc1c(C2CCC(NCc3ccc4ccccc4n3)CC2)c2cc(F)ccc2n1CC(=O)[O-].[Na+]. The van der Waals surface area contributed by atoms with Gasteiger partial charge in [0.2, 0.25) is 0 Å². The zero-order valence-corrected chi connectivity index (χ0v) is 21.7. The van der Waals surface area contributed by atoms with Crippen LogP contribution in [0, 0.1) is 12.7 Å². The van der Waals surface area contributed by atoms with Crippen molar-refractivity contribution in [1.29, 1.82) is 0 Å². The van der Waals surface area contributed by atoms with Gasteiger partial charge in [-0.15, -0.1) is 0 Å². The van der Waals surface area contributed by atoms with Gasteiger partial charge in [0.25, 0.3) is 0 Å². The van der Waals surface area contributed by atoms with Crippen LogP contribution < -0.4 is 40.0 Å². The molecule has 0 radical (unpaired) electrons. The number of halogens is 1. The number of carboxylic acids is 1. The van der Waals surface area contributed by atoms with Crippen molar-refractivity contribution >= 4 is 27.8 Å². The number of aliphatic carboxylic acids is 1. The maximum atomic E-state index is 14.1. The number of carbonyl (C=O) groups is 1. The standard InChI is InChI=1S/C27H28FN3O2.Na/c1-17-27(23-14-20(28)9-13-25(23)31(17)16-26(32)33)19-7-10-21(11-8-19)29-15-22-12-6-18-4-2-3-5-24(18)30-22;/h2-6,9,12-14,19,21,29H,7-8,10-11,15-16H2,1H3,(H,32,33);/q;+1/p-1. The van der Waals surface area contributed by atoms with Gasteiger partial charge in [-0.05, 0) is 74.4 Å². The van der Waals surface area contributed by atoms with Crippen LogP contribution in [0.1, 0.15) is 48.6 Å². The van der Waals surface area contributed by atoms with Gasteiger partial charge in [0.05, 0.1) is 23.7 Å². The summed E-state index contributed by atoms with van der Waals surface area (Å²) in [6.07, 6.45) is 3.98. The number of aromatic nitrogens is 2. The molecule has 4 aromatic rings. The van der Waals surface area contributed by atoms with E-state index >= 15 is 0 Å².